The second kappa shape index (κ2) is 2.63. The van der Waals surface area contributed by atoms with Crippen LogP contribution in [0.25, 0.3) is 11.8 Å². The van der Waals surface area contributed by atoms with Gasteiger partial charge in [0.1, 0.15) is 0 Å². The summed E-state index contributed by atoms with van der Waals surface area (Å²) in [5.41, 5.74) is 1.24. The predicted octanol–water partition coefficient (Wildman–Crippen LogP) is 0.685. The largest absolute Gasteiger partial charge is 0.371 e. The molecule has 0 radical (unpaired) electrons. The molecule has 2 aliphatic rings. The average molecular weight is 172 g/mol. The molecule has 1 atom stereocenters. The van der Waals surface area contributed by atoms with Gasteiger partial charge in [-0.25, -0.2) is 0 Å². The van der Waals surface area contributed by atoms with Crippen LogP contribution in [0.1, 0.15) is 14.2 Å². The molecule has 0 bridgehead atoms. The molecular weight excluding hydrogens is 158 g/mol. The summed E-state index contributed by atoms with van der Waals surface area (Å²) >= 11 is 0. The van der Waals surface area contributed by atoms with E-state index >= 15 is 0 Å². The Bertz CT molecular complexity index is 477. The van der Waals surface area contributed by atoms with E-state index in [9.17, 15) is 0 Å². The van der Waals surface area contributed by atoms with Crippen LogP contribution < -0.4 is 10.4 Å². The Labute approximate surface area is 79.4 Å². The molecule has 1 unspecified atom stereocenters. The Kier molecular flexibility index (Phi) is 1.26. The molecule has 1 nitrogen and oxygen atoms in total. The Morgan fingerprint density at radius 2 is 2.23 bits per heavy atom. The van der Waals surface area contributed by atoms with E-state index in [2.05, 4.69) is 35.2 Å². The number of fused-ring (bicyclic) bond motifs is 2. The monoisotopic (exact) mass is 172 g/mol. The maximum absolute atomic E-state index is 8.00. The number of nitrogens with zero attached hydrogens (tertiary/aromatic N) is 1. The van der Waals surface area contributed by atoms with Gasteiger partial charge in [-0.05, 0) is 18.0 Å². The first-order valence-corrected chi connectivity index (χ1v) is 4.83. The molecule has 0 saturated carbocycles. The Morgan fingerprint density at radius 1 is 1.31 bits per heavy atom. The van der Waals surface area contributed by atoms with Crippen molar-refractivity contribution in [2.75, 3.05) is 13.1 Å². The van der Waals surface area contributed by atoms with Crippen molar-refractivity contribution in [1.29, 1.82) is 0 Å². The zero-order chi connectivity index (χ0) is 9.54. The first-order valence-electron chi connectivity index (χ1n) is 5.40. The quantitative estimate of drug-likeness (QED) is 0.556. The second-order valence-corrected chi connectivity index (χ2v) is 3.62. The third kappa shape index (κ3) is 0.998. The summed E-state index contributed by atoms with van der Waals surface area (Å²) < 4.78 is 8.00. The molecule has 1 heteroatoms. The fourth-order valence-electron chi connectivity index (χ4n) is 2.19. The van der Waals surface area contributed by atoms with Crippen LogP contribution >= 0.6 is 0 Å². The lowest BCUT2D eigenvalue weighted by atomic mass is 10.1. The molecule has 1 aromatic carbocycles. The van der Waals surface area contributed by atoms with Crippen molar-refractivity contribution in [2.45, 2.75) is 12.8 Å². The molecule has 0 spiro atoms. The minimum absolute atomic E-state index is 0.00940. The molecule has 66 valence electrons. The molecule has 13 heavy (non-hydrogen) atoms. The van der Waals surface area contributed by atoms with Crippen LogP contribution in [0, 0.1) is 0 Å². The van der Waals surface area contributed by atoms with E-state index in [1.54, 1.807) is 0 Å². The molecule has 0 aromatic heterocycles. The van der Waals surface area contributed by atoms with Crippen molar-refractivity contribution in [1.82, 2.24) is 4.90 Å². The third-order valence-electron chi connectivity index (χ3n) is 2.85. The van der Waals surface area contributed by atoms with E-state index in [1.165, 1.54) is 16.1 Å². The average Bonchev–Trinajstić information content (AvgIpc) is 2.61. The molecule has 0 amide bonds. The minimum atomic E-state index is -0.00940. The SMILES string of the molecule is [2H]C1CCN2CC=c3ccccc3=C12. The molecule has 3 rings (SSSR count). The first kappa shape index (κ1) is 6.25. The molecule has 1 saturated heterocycles. The van der Waals surface area contributed by atoms with Gasteiger partial charge >= 0.3 is 0 Å². The van der Waals surface area contributed by atoms with Crippen molar-refractivity contribution in [3.63, 3.8) is 0 Å². The van der Waals surface area contributed by atoms with Gasteiger partial charge in [-0.3, -0.25) is 0 Å². The Hall–Kier alpha value is -1.24. The van der Waals surface area contributed by atoms with Crippen LogP contribution in [0.15, 0.2) is 24.3 Å². The van der Waals surface area contributed by atoms with Crippen molar-refractivity contribution < 1.29 is 1.37 Å². The summed E-state index contributed by atoms with van der Waals surface area (Å²) in [7, 11) is 0. The summed E-state index contributed by atoms with van der Waals surface area (Å²) in [6.45, 7) is 2.04. The van der Waals surface area contributed by atoms with Crippen LogP contribution in [0.4, 0.5) is 0 Å². The van der Waals surface area contributed by atoms with E-state index in [-0.39, 0.29) is 6.40 Å². The van der Waals surface area contributed by atoms with Crippen molar-refractivity contribution in [2.24, 2.45) is 0 Å². The van der Waals surface area contributed by atoms with Gasteiger partial charge in [0.25, 0.3) is 0 Å². The molecular formula is C12H13N. The number of hydrogen-bond acceptors (Lipinski definition) is 1. The van der Waals surface area contributed by atoms with Crippen molar-refractivity contribution in [3.8, 4) is 0 Å². The third-order valence-corrected chi connectivity index (χ3v) is 2.85. The van der Waals surface area contributed by atoms with Crippen LogP contribution in [-0.4, -0.2) is 18.0 Å². The van der Waals surface area contributed by atoms with Gasteiger partial charge in [-0.1, -0.05) is 30.3 Å². The summed E-state index contributed by atoms with van der Waals surface area (Å²) in [5.74, 6) is 0. The lowest BCUT2D eigenvalue weighted by molar-refractivity contribution is 0.487. The van der Waals surface area contributed by atoms with Gasteiger partial charge in [-0.15, -0.1) is 0 Å². The topological polar surface area (TPSA) is 3.24 Å². The summed E-state index contributed by atoms with van der Waals surface area (Å²) in [5, 5.41) is 2.58. The Balaban J connectivity index is 2.37. The smallest absolute Gasteiger partial charge is 0.0365 e. The van der Waals surface area contributed by atoms with Crippen molar-refractivity contribution in [3.05, 3.63) is 34.7 Å². The molecule has 1 fully saturated rings. The zero-order valence-electron chi connectivity index (χ0n) is 8.53. The highest BCUT2D eigenvalue weighted by Gasteiger charge is 2.18. The van der Waals surface area contributed by atoms with Gasteiger partial charge in [-0.2, -0.15) is 0 Å². The normalized spacial score (nSPS) is 26.2. The molecule has 0 aliphatic carbocycles. The van der Waals surface area contributed by atoms with Gasteiger partial charge in [0.15, 0.2) is 0 Å². The maximum atomic E-state index is 8.00. The number of benzene rings is 1. The van der Waals surface area contributed by atoms with Gasteiger partial charge in [0, 0.05) is 25.4 Å². The van der Waals surface area contributed by atoms with E-state index in [0.29, 0.717) is 0 Å². The molecule has 0 N–H and O–H groups in total. The van der Waals surface area contributed by atoms with Gasteiger partial charge in [0.05, 0.1) is 0 Å². The van der Waals surface area contributed by atoms with E-state index in [1.807, 2.05) is 0 Å². The lowest BCUT2D eigenvalue weighted by Gasteiger charge is -2.21. The summed E-state index contributed by atoms with van der Waals surface area (Å²) in [6, 6.07) is 8.42. The number of hydrogen-bond donors (Lipinski definition) is 0. The highest BCUT2D eigenvalue weighted by Crippen LogP contribution is 2.20. The minimum Gasteiger partial charge on any atom is -0.371 e. The fraction of sp³-hybridized carbons (Fsp3) is 0.333. The standard InChI is InChI=1S/C12H13N/c1-2-5-11-10(4-1)7-9-13-8-3-6-12(11)13/h1-2,4-5,7H,3,6,8-9H2/i6D. The first-order chi connectivity index (χ1) is 6.86. The predicted molar refractivity (Wildman–Crippen MR) is 54.4 cm³/mol. The second-order valence-electron chi connectivity index (χ2n) is 3.62. The van der Waals surface area contributed by atoms with E-state index in [0.717, 1.165) is 19.5 Å². The van der Waals surface area contributed by atoms with Crippen LogP contribution in [0.5, 0.6) is 0 Å². The molecule has 2 heterocycles. The van der Waals surface area contributed by atoms with Crippen LogP contribution in [0.2, 0.25) is 0 Å². The highest BCUT2D eigenvalue weighted by molar-refractivity contribution is 5.52. The van der Waals surface area contributed by atoms with Crippen LogP contribution in [0.3, 0.4) is 0 Å². The van der Waals surface area contributed by atoms with E-state index < -0.39 is 0 Å². The molecule has 2 aliphatic heterocycles. The summed E-state index contributed by atoms with van der Waals surface area (Å²) in [4.78, 5) is 2.33. The zero-order valence-corrected chi connectivity index (χ0v) is 7.53. The number of rotatable bonds is 0. The Morgan fingerprint density at radius 3 is 3.23 bits per heavy atom. The highest BCUT2D eigenvalue weighted by atomic mass is 15.2. The van der Waals surface area contributed by atoms with Crippen molar-refractivity contribution >= 4 is 11.8 Å². The van der Waals surface area contributed by atoms with Gasteiger partial charge in [0.2, 0.25) is 0 Å². The van der Waals surface area contributed by atoms with Crippen LogP contribution in [-0.2, 0) is 0 Å². The van der Waals surface area contributed by atoms with E-state index in [4.69, 9.17) is 1.37 Å². The van der Waals surface area contributed by atoms with Gasteiger partial charge < -0.3 is 4.90 Å². The molecule has 1 aromatic rings. The lowest BCUT2D eigenvalue weighted by Crippen LogP contribution is -2.37. The fourth-order valence-corrected chi connectivity index (χ4v) is 2.19. The maximum Gasteiger partial charge on any atom is 0.0365 e. The summed E-state index contributed by atoms with van der Waals surface area (Å²) in [6.07, 6.45) is 3.24.